The molecule has 4 rings (SSSR count). The van der Waals surface area contributed by atoms with Gasteiger partial charge in [-0.25, -0.2) is 12.8 Å². The zero-order chi connectivity index (χ0) is 21.8. The van der Waals surface area contributed by atoms with Gasteiger partial charge in [0, 0.05) is 31.1 Å². The lowest BCUT2D eigenvalue weighted by atomic mass is 9.97. The van der Waals surface area contributed by atoms with Crippen molar-refractivity contribution < 1.29 is 22.3 Å². The van der Waals surface area contributed by atoms with Crippen molar-refractivity contribution in [1.82, 2.24) is 9.21 Å². The summed E-state index contributed by atoms with van der Waals surface area (Å²) >= 11 is 1.60. The molecule has 2 unspecified atom stereocenters. The van der Waals surface area contributed by atoms with Crippen LogP contribution in [0.4, 0.5) is 4.39 Å². The predicted molar refractivity (Wildman–Crippen MR) is 117 cm³/mol. The smallest absolute Gasteiger partial charge is 0.243 e. The third-order valence-electron chi connectivity index (χ3n) is 5.87. The fraction of sp³-hybridized carbons (Fsp3) is 0.500. The number of sulfonamides is 1. The maximum Gasteiger partial charge on any atom is 0.243 e. The average molecular weight is 467 g/mol. The normalized spacial score (nSPS) is 22.5. The molecule has 2 fully saturated rings. The van der Waals surface area contributed by atoms with E-state index in [4.69, 9.17) is 4.74 Å². The van der Waals surface area contributed by atoms with Gasteiger partial charge in [0.25, 0.3) is 0 Å². The highest BCUT2D eigenvalue weighted by Gasteiger charge is 2.36. The number of ether oxygens (including phenoxy) is 1. The maximum absolute atomic E-state index is 13.5. The van der Waals surface area contributed by atoms with Crippen molar-refractivity contribution in [3.63, 3.8) is 0 Å². The molecule has 6 nitrogen and oxygen atoms in total. The van der Waals surface area contributed by atoms with Crippen molar-refractivity contribution in [1.29, 1.82) is 0 Å². The van der Waals surface area contributed by atoms with Gasteiger partial charge >= 0.3 is 0 Å². The second-order valence-electron chi connectivity index (χ2n) is 8.09. The molecule has 0 radical (unpaired) electrons. The van der Waals surface area contributed by atoms with Gasteiger partial charge < -0.3 is 9.64 Å². The Balaban J connectivity index is 1.49. The largest absolute Gasteiger partial charge is 0.376 e. The van der Waals surface area contributed by atoms with Gasteiger partial charge in [-0.1, -0.05) is 6.07 Å². The summed E-state index contributed by atoms with van der Waals surface area (Å²) in [5, 5.41) is 1.99. The number of amides is 1. The van der Waals surface area contributed by atoms with Gasteiger partial charge in [-0.05, 0) is 61.4 Å². The monoisotopic (exact) mass is 466 g/mol. The number of benzene rings is 1. The van der Waals surface area contributed by atoms with Gasteiger partial charge in [-0.3, -0.25) is 4.79 Å². The van der Waals surface area contributed by atoms with Crippen LogP contribution in [-0.2, 0) is 26.1 Å². The maximum atomic E-state index is 13.5. The number of nitrogens with zero attached hydrogens (tertiary/aromatic N) is 2. The van der Waals surface area contributed by atoms with Crippen LogP contribution in [-0.4, -0.2) is 55.9 Å². The molecular weight excluding hydrogens is 439 g/mol. The number of rotatable bonds is 7. The van der Waals surface area contributed by atoms with E-state index in [0.29, 0.717) is 32.5 Å². The Morgan fingerprint density at radius 2 is 2.00 bits per heavy atom. The molecule has 1 aromatic heterocycles. The lowest BCUT2D eigenvalue weighted by molar-refractivity contribution is -0.139. The number of halogens is 1. The summed E-state index contributed by atoms with van der Waals surface area (Å²) in [5.41, 5.74) is 0. The second kappa shape index (κ2) is 9.77. The van der Waals surface area contributed by atoms with Crippen molar-refractivity contribution in [3.05, 3.63) is 52.5 Å². The van der Waals surface area contributed by atoms with E-state index in [0.717, 1.165) is 36.5 Å². The molecule has 0 saturated carbocycles. The standard InChI is InChI=1S/C22H27FN2O4S2/c23-18-7-9-21(10-8-18)31(27,28)25-11-1-4-17(14-25)22(26)24(15-19-5-2-12-29-19)16-20-6-3-13-30-20/h3,6-10,13,17,19H,1-2,4-5,11-12,14-16H2. The highest BCUT2D eigenvalue weighted by molar-refractivity contribution is 7.89. The van der Waals surface area contributed by atoms with E-state index in [1.165, 1.54) is 16.4 Å². The minimum Gasteiger partial charge on any atom is -0.376 e. The predicted octanol–water partition coefficient (Wildman–Crippen LogP) is 3.50. The van der Waals surface area contributed by atoms with Crippen LogP contribution in [0, 0.1) is 11.7 Å². The molecule has 2 atom stereocenters. The van der Waals surface area contributed by atoms with E-state index >= 15 is 0 Å². The summed E-state index contributed by atoms with van der Waals surface area (Å²) in [6.45, 7) is 2.26. The SMILES string of the molecule is O=C(C1CCCN(S(=O)(=O)c2ccc(F)cc2)C1)N(Cc1cccs1)CC1CCCO1. The highest BCUT2D eigenvalue weighted by atomic mass is 32.2. The van der Waals surface area contributed by atoms with Gasteiger partial charge in [0.1, 0.15) is 5.82 Å². The fourth-order valence-corrected chi connectivity index (χ4v) is 6.48. The molecular formula is C22H27FN2O4S2. The Kier molecular flexibility index (Phi) is 7.05. The number of hydrogen-bond donors (Lipinski definition) is 0. The number of piperidine rings is 1. The van der Waals surface area contributed by atoms with Crippen LogP contribution in [0.25, 0.3) is 0 Å². The van der Waals surface area contributed by atoms with Gasteiger partial charge in [-0.2, -0.15) is 4.31 Å². The molecule has 0 aliphatic carbocycles. The van der Waals surface area contributed by atoms with E-state index in [1.54, 1.807) is 11.3 Å². The molecule has 2 saturated heterocycles. The molecule has 1 amide bonds. The number of carbonyl (C=O) groups excluding carboxylic acids is 1. The van der Waals surface area contributed by atoms with Crippen molar-refractivity contribution in [2.45, 2.75) is 43.2 Å². The van der Waals surface area contributed by atoms with E-state index in [2.05, 4.69) is 0 Å². The molecule has 1 aromatic carbocycles. The minimum atomic E-state index is -3.77. The summed E-state index contributed by atoms with van der Waals surface area (Å²) in [4.78, 5) is 16.5. The van der Waals surface area contributed by atoms with Crippen LogP contribution >= 0.6 is 11.3 Å². The quantitative estimate of drug-likeness (QED) is 0.627. The highest BCUT2D eigenvalue weighted by Crippen LogP contribution is 2.27. The Morgan fingerprint density at radius 1 is 1.19 bits per heavy atom. The summed E-state index contributed by atoms with van der Waals surface area (Å²) in [6.07, 6.45) is 3.24. The van der Waals surface area contributed by atoms with Gasteiger partial charge in [0.05, 0.1) is 23.5 Å². The molecule has 168 valence electrons. The summed E-state index contributed by atoms with van der Waals surface area (Å²) in [5.74, 6) is -0.905. The van der Waals surface area contributed by atoms with E-state index in [9.17, 15) is 17.6 Å². The molecule has 31 heavy (non-hydrogen) atoms. The summed E-state index contributed by atoms with van der Waals surface area (Å²) in [7, 11) is -3.77. The van der Waals surface area contributed by atoms with Crippen LogP contribution in [0.2, 0.25) is 0 Å². The Bertz CT molecular complexity index is 973. The van der Waals surface area contributed by atoms with Crippen molar-refractivity contribution >= 4 is 27.3 Å². The first-order valence-corrected chi connectivity index (χ1v) is 12.9. The fourth-order valence-electron chi connectivity index (χ4n) is 4.23. The zero-order valence-electron chi connectivity index (χ0n) is 17.3. The van der Waals surface area contributed by atoms with E-state index in [-0.39, 0.29) is 23.5 Å². The summed E-state index contributed by atoms with van der Waals surface area (Å²) < 4.78 is 46.4. The first kappa shape index (κ1) is 22.4. The van der Waals surface area contributed by atoms with E-state index in [1.807, 2.05) is 22.4 Å². The second-order valence-corrected chi connectivity index (χ2v) is 11.1. The topological polar surface area (TPSA) is 66.9 Å². The third kappa shape index (κ3) is 5.34. The Morgan fingerprint density at radius 3 is 2.68 bits per heavy atom. The molecule has 2 aliphatic rings. The number of carbonyl (C=O) groups is 1. The first-order valence-electron chi connectivity index (χ1n) is 10.6. The third-order valence-corrected chi connectivity index (χ3v) is 8.61. The molecule has 0 spiro atoms. The minimum absolute atomic E-state index is 0.0251. The van der Waals surface area contributed by atoms with Crippen LogP contribution < -0.4 is 0 Å². The average Bonchev–Trinajstić information content (AvgIpc) is 3.48. The van der Waals surface area contributed by atoms with Crippen LogP contribution in [0.3, 0.4) is 0 Å². The van der Waals surface area contributed by atoms with Gasteiger partial charge in [-0.15, -0.1) is 11.3 Å². The van der Waals surface area contributed by atoms with Crippen LogP contribution in [0.15, 0.2) is 46.7 Å². The lowest BCUT2D eigenvalue weighted by Crippen LogP contribution is -2.47. The Hall–Kier alpha value is -1.81. The molecule has 2 aromatic rings. The number of thiophene rings is 1. The summed E-state index contributed by atoms with van der Waals surface area (Å²) in [6, 6.07) is 8.81. The van der Waals surface area contributed by atoms with Gasteiger partial charge in [0.15, 0.2) is 0 Å². The first-order chi connectivity index (χ1) is 14.9. The van der Waals surface area contributed by atoms with Crippen LogP contribution in [0.1, 0.15) is 30.6 Å². The number of hydrogen-bond acceptors (Lipinski definition) is 5. The zero-order valence-corrected chi connectivity index (χ0v) is 18.9. The van der Waals surface area contributed by atoms with Crippen molar-refractivity contribution in [2.75, 3.05) is 26.2 Å². The molecule has 9 heteroatoms. The lowest BCUT2D eigenvalue weighted by Gasteiger charge is -2.35. The van der Waals surface area contributed by atoms with Crippen molar-refractivity contribution in [3.8, 4) is 0 Å². The van der Waals surface area contributed by atoms with Crippen LogP contribution in [0.5, 0.6) is 0 Å². The Labute approximate surface area is 186 Å². The molecule has 0 bridgehead atoms. The van der Waals surface area contributed by atoms with Gasteiger partial charge in [0.2, 0.25) is 15.9 Å². The molecule has 3 heterocycles. The van der Waals surface area contributed by atoms with Crippen molar-refractivity contribution in [2.24, 2.45) is 5.92 Å². The van der Waals surface area contributed by atoms with E-state index < -0.39 is 21.8 Å². The molecule has 2 aliphatic heterocycles. The molecule has 0 N–H and O–H groups in total.